The second kappa shape index (κ2) is 7.23. The van der Waals surface area contributed by atoms with Crippen LogP contribution in [0.3, 0.4) is 0 Å². The molecule has 0 spiro atoms. The smallest absolute Gasteiger partial charge is 0.346 e. The lowest BCUT2D eigenvalue weighted by atomic mass is 10.3. The van der Waals surface area contributed by atoms with Gasteiger partial charge in [-0.3, -0.25) is 4.72 Å². The second-order valence-electron chi connectivity index (χ2n) is 5.15. The number of sulfonamides is 2. The van der Waals surface area contributed by atoms with Gasteiger partial charge in [0.1, 0.15) is 9.09 Å². The molecule has 0 amide bonds. The van der Waals surface area contributed by atoms with Crippen molar-refractivity contribution in [3.63, 3.8) is 0 Å². The molecule has 0 radical (unpaired) electrons. The second-order valence-corrected chi connectivity index (χ2v) is 10.0. The number of aromatic carboxylic acids is 1. The molecule has 1 aromatic carbocycles. The minimum Gasteiger partial charge on any atom is -0.477 e. The number of nitrogens with one attached hydrogen (secondary N) is 3. The highest BCUT2D eigenvalue weighted by molar-refractivity contribution is 7.94. The lowest BCUT2D eigenvalue weighted by Gasteiger charge is -2.13. The fourth-order valence-corrected chi connectivity index (χ4v) is 5.31. The van der Waals surface area contributed by atoms with Crippen LogP contribution in [-0.2, 0) is 20.0 Å². The van der Waals surface area contributed by atoms with Crippen LogP contribution in [0.15, 0.2) is 33.4 Å². The van der Waals surface area contributed by atoms with Gasteiger partial charge < -0.3 is 10.4 Å². The molecule has 0 unspecified atom stereocenters. The molecule has 142 valence electrons. The average Bonchev–Trinajstić information content (AvgIpc) is 2.97. The van der Waals surface area contributed by atoms with Crippen LogP contribution in [0, 0.1) is 6.92 Å². The minimum absolute atomic E-state index is 0.0201. The Morgan fingerprint density at radius 3 is 2.19 bits per heavy atom. The Balaban J connectivity index is 2.50. The third kappa shape index (κ3) is 3.98. The van der Waals surface area contributed by atoms with E-state index in [1.807, 2.05) is 0 Å². The van der Waals surface area contributed by atoms with Crippen molar-refractivity contribution in [1.29, 1.82) is 0 Å². The number of hydrogen-bond donors (Lipinski definition) is 4. The van der Waals surface area contributed by atoms with Crippen molar-refractivity contribution in [3.05, 3.63) is 34.7 Å². The van der Waals surface area contributed by atoms with Crippen LogP contribution in [0.25, 0.3) is 0 Å². The van der Waals surface area contributed by atoms with Crippen LogP contribution in [0.2, 0.25) is 0 Å². The summed E-state index contributed by atoms with van der Waals surface area (Å²) in [4.78, 5) is 10.9. The van der Waals surface area contributed by atoms with Crippen molar-refractivity contribution in [2.24, 2.45) is 0 Å². The van der Waals surface area contributed by atoms with Gasteiger partial charge in [0.25, 0.3) is 10.0 Å². The Morgan fingerprint density at radius 1 is 1.04 bits per heavy atom. The summed E-state index contributed by atoms with van der Waals surface area (Å²) < 4.78 is 53.4. The average molecular weight is 420 g/mol. The Labute approximate surface area is 155 Å². The van der Waals surface area contributed by atoms with E-state index in [1.54, 1.807) is 7.05 Å². The van der Waals surface area contributed by atoms with E-state index in [9.17, 15) is 21.6 Å². The monoisotopic (exact) mass is 419 g/mol. The zero-order valence-electron chi connectivity index (χ0n) is 14.0. The van der Waals surface area contributed by atoms with Crippen molar-refractivity contribution < 1.29 is 26.7 Å². The summed E-state index contributed by atoms with van der Waals surface area (Å²) in [5.41, 5.74) is 0.699. The van der Waals surface area contributed by atoms with Gasteiger partial charge in [-0.15, -0.1) is 11.3 Å². The van der Waals surface area contributed by atoms with Crippen LogP contribution in [0.1, 0.15) is 15.2 Å². The van der Waals surface area contributed by atoms with Gasteiger partial charge in [-0.2, -0.15) is 0 Å². The first kappa shape index (κ1) is 20.2. The molecule has 0 saturated carbocycles. The minimum atomic E-state index is -4.10. The van der Waals surface area contributed by atoms with Gasteiger partial charge in [0.2, 0.25) is 10.0 Å². The zero-order valence-corrected chi connectivity index (χ0v) is 16.5. The van der Waals surface area contributed by atoms with E-state index < -0.39 is 26.0 Å². The summed E-state index contributed by atoms with van der Waals surface area (Å²) in [6.07, 6.45) is 0. The third-order valence-corrected chi connectivity index (χ3v) is 7.91. The van der Waals surface area contributed by atoms with E-state index in [0.29, 0.717) is 22.6 Å². The van der Waals surface area contributed by atoms with Gasteiger partial charge in [0, 0.05) is 7.05 Å². The van der Waals surface area contributed by atoms with Crippen molar-refractivity contribution >= 4 is 48.7 Å². The predicted octanol–water partition coefficient (Wildman–Crippen LogP) is 1.51. The summed E-state index contributed by atoms with van der Waals surface area (Å²) in [7, 11) is -5.07. The van der Waals surface area contributed by atoms with Crippen LogP contribution in [0.5, 0.6) is 0 Å². The van der Waals surface area contributed by atoms with E-state index >= 15 is 0 Å². The molecule has 0 saturated heterocycles. The van der Waals surface area contributed by atoms with E-state index in [4.69, 9.17) is 5.11 Å². The summed E-state index contributed by atoms with van der Waals surface area (Å²) in [6, 6.07) is 5.18. The van der Waals surface area contributed by atoms with Gasteiger partial charge in [-0.05, 0) is 43.8 Å². The molecular formula is C14H17N3O6S3. The van der Waals surface area contributed by atoms with Gasteiger partial charge in [0.05, 0.1) is 16.3 Å². The maximum atomic E-state index is 12.6. The number of benzene rings is 1. The molecule has 0 aliphatic carbocycles. The third-order valence-electron chi connectivity index (χ3n) is 3.44. The molecule has 2 rings (SSSR count). The highest BCUT2D eigenvalue weighted by Crippen LogP contribution is 2.31. The number of carbonyl (C=O) groups is 1. The number of aryl methyl sites for hydroxylation is 1. The summed E-state index contributed by atoms with van der Waals surface area (Å²) in [6.45, 7) is 1.50. The number of thiophene rings is 1. The van der Waals surface area contributed by atoms with E-state index in [-0.39, 0.29) is 19.7 Å². The molecule has 1 heterocycles. The maximum absolute atomic E-state index is 12.6. The molecule has 2 aromatic rings. The largest absolute Gasteiger partial charge is 0.477 e. The highest BCUT2D eigenvalue weighted by atomic mass is 32.2. The topological polar surface area (TPSA) is 142 Å². The first-order valence-electron chi connectivity index (χ1n) is 7.13. The van der Waals surface area contributed by atoms with Crippen LogP contribution < -0.4 is 14.8 Å². The Hall–Kier alpha value is -2.15. The number of rotatable bonds is 7. The summed E-state index contributed by atoms with van der Waals surface area (Å²) in [5, 5.41) is 11.8. The van der Waals surface area contributed by atoms with Crippen molar-refractivity contribution in [1.82, 2.24) is 4.72 Å². The number of hydrogen-bond acceptors (Lipinski definition) is 7. The number of carboxylic acid groups (broad SMARTS) is 1. The fraction of sp³-hybridized carbons (Fsp3) is 0.214. The highest BCUT2D eigenvalue weighted by Gasteiger charge is 2.23. The Kier molecular flexibility index (Phi) is 5.61. The molecular weight excluding hydrogens is 402 g/mol. The van der Waals surface area contributed by atoms with E-state index in [2.05, 4.69) is 14.8 Å². The van der Waals surface area contributed by atoms with Crippen LogP contribution in [-0.4, -0.2) is 42.0 Å². The number of carboxylic acids is 1. The standard InChI is InChI=1S/C14H17N3O6S3/c1-8-6-12(24-13(8)14(18)19)26(22,23)17-11-7-9(25(20,21)16-3)4-5-10(11)15-2/h4-7,15-17H,1-3H3,(H,18,19). The van der Waals surface area contributed by atoms with Gasteiger partial charge >= 0.3 is 5.97 Å². The summed E-state index contributed by atoms with van der Waals surface area (Å²) in [5.74, 6) is -1.22. The molecule has 1 aromatic heterocycles. The normalized spacial score (nSPS) is 12.0. The van der Waals surface area contributed by atoms with Gasteiger partial charge in [-0.1, -0.05) is 0 Å². The molecule has 4 N–H and O–H groups in total. The zero-order chi connectivity index (χ0) is 19.7. The molecule has 0 aliphatic rings. The van der Waals surface area contributed by atoms with E-state index in [1.165, 1.54) is 38.2 Å². The van der Waals surface area contributed by atoms with Gasteiger partial charge in [-0.25, -0.2) is 26.4 Å². The molecule has 9 nitrogen and oxygen atoms in total. The van der Waals surface area contributed by atoms with Crippen molar-refractivity contribution in [3.8, 4) is 0 Å². The quantitative estimate of drug-likeness (QED) is 0.533. The first-order chi connectivity index (χ1) is 12.0. The Morgan fingerprint density at radius 2 is 1.69 bits per heavy atom. The van der Waals surface area contributed by atoms with Crippen LogP contribution in [0.4, 0.5) is 11.4 Å². The lowest BCUT2D eigenvalue weighted by Crippen LogP contribution is -2.19. The molecule has 26 heavy (non-hydrogen) atoms. The molecule has 0 fully saturated rings. The van der Waals surface area contributed by atoms with Crippen molar-refractivity contribution in [2.45, 2.75) is 16.0 Å². The molecule has 0 aliphatic heterocycles. The first-order valence-corrected chi connectivity index (χ1v) is 10.9. The maximum Gasteiger partial charge on any atom is 0.346 e. The van der Waals surface area contributed by atoms with E-state index in [0.717, 1.165) is 0 Å². The molecule has 12 heteroatoms. The predicted molar refractivity (Wildman–Crippen MR) is 99.1 cm³/mol. The SMILES string of the molecule is CNc1ccc(S(=O)(=O)NC)cc1NS(=O)(=O)c1cc(C)c(C(=O)O)s1. The Bertz CT molecular complexity index is 1060. The molecule has 0 bridgehead atoms. The van der Waals surface area contributed by atoms with Crippen molar-refractivity contribution in [2.75, 3.05) is 24.1 Å². The lowest BCUT2D eigenvalue weighted by molar-refractivity contribution is 0.0701. The number of anilines is 2. The van der Waals surface area contributed by atoms with Crippen LogP contribution >= 0.6 is 11.3 Å². The molecule has 0 atom stereocenters. The van der Waals surface area contributed by atoms with Gasteiger partial charge in [0.15, 0.2) is 0 Å². The summed E-state index contributed by atoms with van der Waals surface area (Å²) >= 11 is 0.620. The fourth-order valence-electron chi connectivity index (χ4n) is 2.10.